The van der Waals surface area contributed by atoms with Crippen molar-refractivity contribution >= 4 is 12.0 Å². The molecule has 2 aromatic rings. The summed E-state index contributed by atoms with van der Waals surface area (Å²) in [7, 11) is 0. The molecule has 19 heavy (non-hydrogen) atoms. The van der Waals surface area contributed by atoms with Crippen LogP contribution in [0.25, 0.3) is 0 Å². The maximum atomic E-state index is 10.6. The minimum Gasteiger partial charge on any atom is -0.491 e. The Labute approximate surface area is 111 Å². The third-order valence-corrected chi connectivity index (χ3v) is 3.18. The molecule has 2 heterocycles. The number of benzene rings is 1. The predicted molar refractivity (Wildman–Crippen MR) is 71.7 cm³/mol. The largest absolute Gasteiger partial charge is 0.491 e. The number of furan rings is 1. The van der Waals surface area contributed by atoms with Gasteiger partial charge in [-0.1, -0.05) is 12.1 Å². The molecule has 0 saturated carbocycles. The zero-order valence-corrected chi connectivity index (χ0v) is 10.5. The number of anilines is 1. The summed E-state index contributed by atoms with van der Waals surface area (Å²) in [5.41, 5.74) is 1.07. The Morgan fingerprint density at radius 3 is 2.95 bits per heavy atom. The number of rotatable bonds is 3. The van der Waals surface area contributed by atoms with Crippen molar-refractivity contribution in [3.05, 3.63) is 47.9 Å². The van der Waals surface area contributed by atoms with Crippen LogP contribution in [0.2, 0.25) is 0 Å². The number of fused-ring (bicyclic) bond motifs is 1. The Balaban J connectivity index is 1.85. The first-order valence-electron chi connectivity index (χ1n) is 6.37. The number of hydrogen-bond acceptors (Lipinski definition) is 4. The van der Waals surface area contributed by atoms with Gasteiger partial charge < -0.3 is 14.1 Å². The number of carbonyl (C=O) groups excluding carboxylic acids is 1. The van der Waals surface area contributed by atoms with Gasteiger partial charge in [0.05, 0.1) is 18.8 Å². The first-order valence-corrected chi connectivity index (χ1v) is 6.37. The second-order valence-electron chi connectivity index (χ2n) is 4.51. The average Bonchev–Trinajstić information content (AvgIpc) is 2.80. The maximum absolute atomic E-state index is 10.6. The molecule has 0 N–H and O–H groups in total. The lowest BCUT2D eigenvalue weighted by atomic mass is 10.2. The van der Waals surface area contributed by atoms with Gasteiger partial charge >= 0.3 is 0 Å². The molecule has 98 valence electrons. The fourth-order valence-corrected chi connectivity index (χ4v) is 2.29. The smallest absolute Gasteiger partial charge is 0.185 e. The Morgan fingerprint density at radius 2 is 2.11 bits per heavy atom. The molecule has 0 radical (unpaired) electrons. The molecule has 0 atom stereocenters. The third-order valence-electron chi connectivity index (χ3n) is 3.18. The standard InChI is InChI=1S/C15H15NO3/c17-11-13-7-6-12(19-13)10-16-8-3-9-18-15-5-2-1-4-14(15)16/h1-2,4-7,11H,3,8-10H2. The summed E-state index contributed by atoms with van der Waals surface area (Å²) in [5, 5.41) is 0. The third kappa shape index (κ3) is 2.47. The molecule has 0 spiro atoms. The van der Waals surface area contributed by atoms with E-state index in [9.17, 15) is 4.79 Å². The number of para-hydroxylation sites is 2. The molecule has 0 bridgehead atoms. The number of ether oxygens (including phenoxy) is 1. The number of aldehydes is 1. The summed E-state index contributed by atoms with van der Waals surface area (Å²) in [6, 6.07) is 11.5. The Hall–Kier alpha value is -2.23. The number of carbonyl (C=O) groups is 1. The van der Waals surface area contributed by atoms with Crippen molar-refractivity contribution in [3.8, 4) is 5.75 Å². The van der Waals surface area contributed by atoms with Crippen LogP contribution in [0.15, 0.2) is 40.8 Å². The fourth-order valence-electron chi connectivity index (χ4n) is 2.29. The van der Waals surface area contributed by atoms with E-state index in [1.54, 1.807) is 6.07 Å². The van der Waals surface area contributed by atoms with Gasteiger partial charge in [0.15, 0.2) is 12.0 Å². The van der Waals surface area contributed by atoms with Crippen LogP contribution in [0.3, 0.4) is 0 Å². The van der Waals surface area contributed by atoms with Gasteiger partial charge in [-0.2, -0.15) is 0 Å². The van der Waals surface area contributed by atoms with Crippen LogP contribution in [-0.2, 0) is 6.54 Å². The summed E-state index contributed by atoms with van der Waals surface area (Å²) < 4.78 is 11.2. The van der Waals surface area contributed by atoms with Gasteiger partial charge in [0, 0.05) is 6.54 Å². The van der Waals surface area contributed by atoms with Crippen molar-refractivity contribution in [1.29, 1.82) is 0 Å². The Kier molecular flexibility index (Phi) is 3.23. The van der Waals surface area contributed by atoms with Crippen molar-refractivity contribution in [2.24, 2.45) is 0 Å². The first-order chi connectivity index (χ1) is 9.36. The SMILES string of the molecule is O=Cc1ccc(CN2CCCOc3ccccc32)o1. The second-order valence-corrected chi connectivity index (χ2v) is 4.51. The molecule has 0 unspecified atom stereocenters. The molecule has 0 aliphatic carbocycles. The van der Waals surface area contributed by atoms with Crippen LogP contribution in [0, 0.1) is 0 Å². The van der Waals surface area contributed by atoms with Crippen LogP contribution in [0.1, 0.15) is 22.7 Å². The highest BCUT2D eigenvalue weighted by Crippen LogP contribution is 2.31. The monoisotopic (exact) mass is 257 g/mol. The van der Waals surface area contributed by atoms with E-state index in [2.05, 4.69) is 4.90 Å². The molecule has 0 amide bonds. The van der Waals surface area contributed by atoms with E-state index < -0.39 is 0 Å². The van der Waals surface area contributed by atoms with E-state index in [0.29, 0.717) is 12.3 Å². The fraction of sp³-hybridized carbons (Fsp3) is 0.267. The van der Waals surface area contributed by atoms with Crippen molar-refractivity contribution in [2.75, 3.05) is 18.1 Å². The van der Waals surface area contributed by atoms with Gasteiger partial charge in [-0.15, -0.1) is 0 Å². The molecule has 4 heteroatoms. The van der Waals surface area contributed by atoms with Gasteiger partial charge in [0.2, 0.25) is 0 Å². The lowest BCUT2D eigenvalue weighted by molar-refractivity contribution is 0.109. The first kappa shape index (κ1) is 11.8. The van der Waals surface area contributed by atoms with E-state index in [0.717, 1.165) is 43.1 Å². The van der Waals surface area contributed by atoms with Gasteiger partial charge in [0.25, 0.3) is 0 Å². The molecule has 3 rings (SSSR count). The minimum absolute atomic E-state index is 0.370. The molecule has 4 nitrogen and oxygen atoms in total. The van der Waals surface area contributed by atoms with E-state index in [1.165, 1.54) is 0 Å². The predicted octanol–water partition coefficient (Wildman–Crippen LogP) is 2.88. The van der Waals surface area contributed by atoms with Crippen LogP contribution in [0.5, 0.6) is 5.75 Å². The van der Waals surface area contributed by atoms with Crippen LogP contribution >= 0.6 is 0 Å². The van der Waals surface area contributed by atoms with E-state index in [4.69, 9.17) is 9.15 Å². The van der Waals surface area contributed by atoms with E-state index in [-0.39, 0.29) is 0 Å². The summed E-state index contributed by atoms with van der Waals surface area (Å²) in [6.07, 6.45) is 1.69. The normalized spacial score (nSPS) is 14.4. The minimum atomic E-state index is 0.370. The van der Waals surface area contributed by atoms with E-state index >= 15 is 0 Å². The Bertz CT molecular complexity index is 576. The molecule has 1 aliphatic rings. The van der Waals surface area contributed by atoms with E-state index in [1.807, 2.05) is 30.3 Å². The molecular formula is C15H15NO3. The summed E-state index contributed by atoms with van der Waals surface area (Å²) in [6.45, 7) is 2.29. The average molecular weight is 257 g/mol. The van der Waals surface area contributed by atoms with Crippen molar-refractivity contribution in [3.63, 3.8) is 0 Å². The highest BCUT2D eigenvalue weighted by Gasteiger charge is 2.17. The molecule has 0 fully saturated rings. The lowest BCUT2D eigenvalue weighted by Crippen LogP contribution is -2.22. The summed E-state index contributed by atoms with van der Waals surface area (Å²) in [4.78, 5) is 12.9. The highest BCUT2D eigenvalue weighted by molar-refractivity contribution is 5.70. The van der Waals surface area contributed by atoms with Crippen LogP contribution < -0.4 is 9.64 Å². The van der Waals surface area contributed by atoms with Crippen molar-refractivity contribution < 1.29 is 13.9 Å². The highest BCUT2D eigenvalue weighted by atomic mass is 16.5. The second kappa shape index (κ2) is 5.18. The van der Waals surface area contributed by atoms with Crippen LogP contribution in [0.4, 0.5) is 5.69 Å². The molecule has 0 saturated heterocycles. The maximum Gasteiger partial charge on any atom is 0.185 e. The van der Waals surface area contributed by atoms with Gasteiger partial charge in [-0.05, 0) is 30.7 Å². The number of nitrogens with zero attached hydrogens (tertiary/aromatic N) is 1. The van der Waals surface area contributed by atoms with Crippen molar-refractivity contribution in [2.45, 2.75) is 13.0 Å². The van der Waals surface area contributed by atoms with Gasteiger partial charge in [-0.25, -0.2) is 0 Å². The molecule has 1 aliphatic heterocycles. The zero-order valence-electron chi connectivity index (χ0n) is 10.5. The summed E-state index contributed by atoms with van der Waals surface area (Å²) >= 11 is 0. The summed E-state index contributed by atoms with van der Waals surface area (Å²) in [5.74, 6) is 2.07. The Morgan fingerprint density at radius 1 is 1.21 bits per heavy atom. The molecular weight excluding hydrogens is 242 g/mol. The van der Waals surface area contributed by atoms with Crippen molar-refractivity contribution in [1.82, 2.24) is 0 Å². The molecule has 1 aromatic carbocycles. The van der Waals surface area contributed by atoms with Crippen LogP contribution in [-0.4, -0.2) is 19.4 Å². The lowest BCUT2D eigenvalue weighted by Gasteiger charge is -2.22. The zero-order chi connectivity index (χ0) is 13.1. The van der Waals surface area contributed by atoms with Gasteiger partial charge in [0.1, 0.15) is 11.5 Å². The molecule has 1 aromatic heterocycles. The van der Waals surface area contributed by atoms with Gasteiger partial charge in [-0.3, -0.25) is 4.79 Å². The topological polar surface area (TPSA) is 42.7 Å². The quantitative estimate of drug-likeness (QED) is 0.793. The number of hydrogen-bond donors (Lipinski definition) is 0.